The van der Waals surface area contributed by atoms with Crippen LogP contribution in [0.3, 0.4) is 0 Å². The van der Waals surface area contributed by atoms with Crippen LogP contribution in [0, 0.1) is 11.7 Å². The van der Waals surface area contributed by atoms with E-state index >= 15 is 0 Å². The molecule has 0 aromatic carbocycles. The summed E-state index contributed by atoms with van der Waals surface area (Å²) in [6, 6.07) is 0. The fraction of sp³-hybridized carbons (Fsp3) is 0.556. The van der Waals surface area contributed by atoms with E-state index in [0.717, 1.165) is 18.5 Å². The maximum absolute atomic E-state index is 13.1. The molecule has 0 spiro atoms. The van der Waals surface area contributed by atoms with E-state index in [2.05, 4.69) is 15.4 Å². The molecular formula is C9H13FN4O. The number of nitrogens with zero attached hydrogens (tertiary/aromatic N) is 2. The minimum atomic E-state index is -0.565. The fourth-order valence-electron chi connectivity index (χ4n) is 1.25. The number of hydrogen-bond acceptors (Lipinski definition) is 5. The SMILES string of the molecule is NNc1ncc(F)c(OCCC2CC2)n1. The van der Waals surface area contributed by atoms with Gasteiger partial charge >= 0.3 is 0 Å². The molecule has 1 saturated carbocycles. The number of ether oxygens (including phenoxy) is 1. The van der Waals surface area contributed by atoms with Crippen molar-refractivity contribution >= 4 is 5.95 Å². The Morgan fingerprint density at radius 2 is 2.40 bits per heavy atom. The molecule has 15 heavy (non-hydrogen) atoms. The smallest absolute Gasteiger partial charge is 0.255 e. The van der Waals surface area contributed by atoms with E-state index in [9.17, 15) is 4.39 Å². The number of aromatic nitrogens is 2. The third-order valence-electron chi connectivity index (χ3n) is 2.30. The maximum Gasteiger partial charge on any atom is 0.255 e. The van der Waals surface area contributed by atoms with E-state index in [0.29, 0.717) is 6.61 Å². The Morgan fingerprint density at radius 1 is 1.60 bits per heavy atom. The summed E-state index contributed by atoms with van der Waals surface area (Å²) in [5.41, 5.74) is 2.24. The summed E-state index contributed by atoms with van der Waals surface area (Å²) < 4.78 is 18.3. The molecule has 0 unspecified atom stereocenters. The average Bonchev–Trinajstić information content (AvgIpc) is 3.05. The maximum atomic E-state index is 13.1. The summed E-state index contributed by atoms with van der Waals surface area (Å²) in [5, 5.41) is 0. The van der Waals surface area contributed by atoms with Crippen molar-refractivity contribution in [3.63, 3.8) is 0 Å². The molecule has 5 nitrogen and oxygen atoms in total. The van der Waals surface area contributed by atoms with Crippen molar-refractivity contribution < 1.29 is 9.13 Å². The van der Waals surface area contributed by atoms with Crippen LogP contribution >= 0.6 is 0 Å². The molecule has 1 aliphatic carbocycles. The quantitative estimate of drug-likeness (QED) is 0.564. The van der Waals surface area contributed by atoms with Gasteiger partial charge in [-0.25, -0.2) is 10.8 Å². The van der Waals surface area contributed by atoms with E-state index in [1.165, 1.54) is 12.8 Å². The van der Waals surface area contributed by atoms with Gasteiger partial charge in [-0.2, -0.15) is 9.37 Å². The fourth-order valence-corrected chi connectivity index (χ4v) is 1.25. The molecule has 1 fully saturated rings. The molecular weight excluding hydrogens is 199 g/mol. The van der Waals surface area contributed by atoms with Crippen LogP contribution in [0.1, 0.15) is 19.3 Å². The first-order valence-corrected chi connectivity index (χ1v) is 4.91. The van der Waals surface area contributed by atoms with Crippen molar-refractivity contribution in [2.24, 2.45) is 11.8 Å². The van der Waals surface area contributed by atoms with Gasteiger partial charge in [0.05, 0.1) is 12.8 Å². The highest BCUT2D eigenvalue weighted by atomic mass is 19.1. The van der Waals surface area contributed by atoms with Crippen molar-refractivity contribution in [3.8, 4) is 5.88 Å². The molecule has 1 aliphatic rings. The summed E-state index contributed by atoms with van der Waals surface area (Å²) in [6.07, 6.45) is 4.50. The molecule has 82 valence electrons. The number of hydrazine groups is 1. The normalized spacial score (nSPS) is 15.1. The van der Waals surface area contributed by atoms with Crippen LogP contribution in [0.5, 0.6) is 5.88 Å². The summed E-state index contributed by atoms with van der Waals surface area (Å²) >= 11 is 0. The van der Waals surface area contributed by atoms with Gasteiger partial charge in [0, 0.05) is 0 Å². The van der Waals surface area contributed by atoms with Crippen molar-refractivity contribution in [3.05, 3.63) is 12.0 Å². The van der Waals surface area contributed by atoms with E-state index in [-0.39, 0.29) is 11.8 Å². The molecule has 3 N–H and O–H groups in total. The van der Waals surface area contributed by atoms with E-state index < -0.39 is 5.82 Å². The predicted octanol–water partition coefficient (Wildman–Crippen LogP) is 1.08. The average molecular weight is 212 g/mol. The highest BCUT2D eigenvalue weighted by molar-refractivity contribution is 5.26. The van der Waals surface area contributed by atoms with Crippen LogP contribution in [0.15, 0.2) is 6.20 Å². The van der Waals surface area contributed by atoms with Gasteiger partial charge in [-0.15, -0.1) is 0 Å². The second kappa shape index (κ2) is 4.39. The Kier molecular flexibility index (Phi) is 2.96. The monoisotopic (exact) mass is 212 g/mol. The van der Waals surface area contributed by atoms with Gasteiger partial charge in [0.2, 0.25) is 11.8 Å². The van der Waals surface area contributed by atoms with Crippen LogP contribution in [0.4, 0.5) is 10.3 Å². The Bertz CT molecular complexity index is 343. The van der Waals surface area contributed by atoms with Crippen LogP contribution in [0.25, 0.3) is 0 Å². The zero-order valence-electron chi connectivity index (χ0n) is 8.24. The Hall–Kier alpha value is -1.43. The molecule has 0 aliphatic heterocycles. The number of rotatable bonds is 5. The van der Waals surface area contributed by atoms with E-state index in [1.54, 1.807) is 0 Å². The summed E-state index contributed by atoms with van der Waals surface area (Å²) in [6.45, 7) is 0.489. The molecule has 1 heterocycles. The molecule has 0 radical (unpaired) electrons. The van der Waals surface area contributed by atoms with Gasteiger partial charge in [0.25, 0.3) is 5.88 Å². The first kappa shape index (κ1) is 10.1. The number of nitrogens with one attached hydrogen (secondary N) is 1. The van der Waals surface area contributed by atoms with Gasteiger partial charge in [-0.05, 0) is 12.3 Å². The molecule has 2 rings (SSSR count). The topological polar surface area (TPSA) is 73.1 Å². The third kappa shape index (κ3) is 2.76. The summed E-state index contributed by atoms with van der Waals surface area (Å²) in [5.74, 6) is 5.40. The summed E-state index contributed by atoms with van der Waals surface area (Å²) in [7, 11) is 0. The van der Waals surface area contributed by atoms with E-state index in [1.807, 2.05) is 0 Å². The highest BCUT2D eigenvalue weighted by Crippen LogP contribution is 2.32. The van der Waals surface area contributed by atoms with Crippen LogP contribution in [-0.4, -0.2) is 16.6 Å². The molecule has 0 amide bonds. The zero-order valence-corrected chi connectivity index (χ0v) is 8.24. The summed E-state index contributed by atoms with van der Waals surface area (Å²) in [4.78, 5) is 7.37. The molecule has 0 atom stereocenters. The zero-order chi connectivity index (χ0) is 10.7. The number of nitrogen functional groups attached to an aromatic ring is 1. The number of nitrogens with two attached hydrogens (primary N) is 1. The van der Waals surface area contributed by atoms with Gasteiger partial charge in [0.15, 0.2) is 0 Å². The lowest BCUT2D eigenvalue weighted by atomic mass is 10.3. The second-order valence-corrected chi connectivity index (χ2v) is 3.57. The van der Waals surface area contributed by atoms with Crippen molar-refractivity contribution in [1.29, 1.82) is 0 Å². The van der Waals surface area contributed by atoms with Crippen LogP contribution < -0.4 is 16.0 Å². The largest absolute Gasteiger partial charge is 0.475 e. The molecule has 0 bridgehead atoms. The molecule has 1 aromatic heterocycles. The van der Waals surface area contributed by atoms with Gasteiger partial charge < -0.3 is 4.74 Å². The van der Waals surface area contributed by atoms with Crippen molar-refractivity contribution in [1.82, 2.24) is 9.97 Å². The molecule has 6 heteroatoms. The number of hydrogen-bond donors (Lipinski definition) is 2. The van der Waals surface area contributed by atoms with Crippen LogP contribution in [0.2, 0.25) is 0 Å². The van der Waals surface area contributed by atoms with Crippen molar-refractivity contribution in [2.45, 2.75) is 19.3 Å². The lowest BCUT2D eigenvalue weighted by molar-refractivity contribution is 0.275. The lowest BCUT2D eigenvalue weighted by Crippen LogP contribution is -2.12. The first-order valence-electron chi connectivity index (χ1n) is 4.91. The van der Waals surface area contributed by atoms with E-state index in [4.69, 9.17) is 10.6 Å². The minimum Gasteiger partial charge on any atom is -0.475 e. The second-order valence-electron chi connectivity index (χ2n) is 3.57. The Morgan fingerprint density at radius 3 is 3.07 bits per heavy atom. The Labute approximate surface area is 86.8 Å². The van der Waals surface area contributed by atoms with Gasteiger partial charge in [0.1, 0.15) is 0 Å². The first-order chi connectivity index (χ1) is 7.29. The highest BCUT2D eigenvalue weighted by Gasteiger charge is 2.21. The molecule has 1 aromatic rings. The van der Waals surface area contributed by atoms with Gasteiger partial charge in [-0.3, -0.25) is 5.43 Å². The van der Waals surface area contributed by atoms with Gasteiger partial charge in [-0.1, -0.05) is 12.8 Å². The Balaban J connectivity index is 1.92. The van der Waals surface area contributed by atoms with Crippen LogP contribution in [-0.2, 0) is 0 Å². The standard InChI is InChI=1S/C9H13FN4O/c10-7-5-12-9(14-11)13-8(7)15-4-3-6-1-2-6/h5-6H,1-4,11H2,(H,12,13,14). The lowest BCUT2D eigenvalue weighted by Gasteiger charge is -2.06. The van der Waals surface area contributed by atoms with Crippen molar-refractivity contribution in [2.75, 3.05) is 12.0 Å². The minimum absolute atomic E-state index is 0.0430. The third-order valence-corrected chi connectivity index (χ3v) is 2.30. The number of anilines is 1. The number of halogens is 1. The molecule has 0 saturated heterocycles. The predicted molar refractivity (Wildman–Crippen MR) is 52.6 cm³/mol.